The molecule has 1 unspecified atom stereocenters. The molecule has 0 bridgehead atoms. The molecule has 0 saturated carbocycles. The second-order valence-corrected chi connectivity index (χ2v) is 6.62. The molecule has 1 aliphatic rings. The number of esters is 1. The summed E-state index contributed by atoms with van der Waals surface area (Å²) < 4.78 is 16.7. The van der Waals surface area contributed by atoms with Gasteiger partial charge in [0.1, 0.15) is 28.9 Å². The second-order valence-electron chi connectivity index (χ2n) is 6.62. The summed E-state index contributed by atoms with van der Waals surface area (Å²) in [6, 6.07) is 23.3. The fourth-order valence-electron chi connectivity index (χ4n) is 3.46. The van der Waals surface area contributed by atoms with Crippen LogP contribution in [0.25, 0.3) is 0 Å². The van der Waals surface area contributed by atoms with Gasteiger partial charge in [-0.1, -0.05) is 42.5 Å². The Morgan fingerprint density at radius 2 is 1.77 bits per heavy atom. The summed E-state index contributed by atoms with van der Waals surface area (Å²) in [5.74, 6) is 0.431. The number of carbonyl (C=O) groups is 1. The van der Waals surface area contributed by atoms with Crippen LogP contribution in [0.2, 0.25) is 0 Å². The highest BCUT2D eigenvalue weighted by Gasteiger charge is 2.32. The Labute approximate surface area is 173 Å². The van der Waals surface area contributed by atoms with E-state index in [1.807, 2.05) is 30.3 Å². The van der Waals surface area contributed by atoms with E-state index < -0.39 is 11.9 Å². The maximum atomic E-state index is 12.4. The number of benzene rings is 3. The third-order valence-corrected chi connectivity index (χ3v) is 4.86. The Balaban J connectivity index is 1.74. The molecule has 3 aromatic carbocycles. The molecule has 1 atom stereocenters. The van der Waals surface area contributed by atoms with Crippen molar-refractivity contribution in [2.75, 3.05) is 7.11 Å². The van der Waals surface area contributed by atoms with Crippen molar-refractivity contribution < 1.29 is 19.0 Å². The summed E-state index contributed by atoms with van der Waals surface area (Å²) in [6.45, 7) is 0. The van der Waals surface area contributed by atoms with Crippen molar-refractivity contribution >= 4 is 5.97 Å². The Morgan fingerprint density at radius 1 is 1.03 bits per heavy atom. The van der Waals surface area contributed by atoms with Gasteiger partial charge in [0, 0.05) is 17.2 Å². The first-order valence-electron chi connectivity index (χ1n) is 9.24. The van der Waals surface area contributed by atoms with Crippen LogP contribution in [0, 0.1) is 11.3 Å². The molecule has 6 heteroatoms. The van der Waals surface area contributed by atoms with E-state index in [2.05, 4.69) is 6.07 Å². The van der Waals surface area contributed by atoms with Crippen LogP contribution in [0.4, 0.5) is 0 Å². The van der Waals surface area contributed by atoms with Gasteiger partial charge in [0.05, 0.1) is 18.6 Å². The highest BCUT2D eigenvalue weighted by Crippen LogP contribution is 2.45. The highest BCUT2D eigenvalue weighted by atomic mass is 16.5. The van der Waals surface area contributed by atoms with E-state index in [0.717, 1.165) is 11.1 Å². The average Bonchev–Trinajstić information content (AvgIpc) is 2.78. The Kier molecular flexibility index (Phi) is 5.10. The van der Waals surface area contributed by atoms with Crippen molar-refractivity contribution in [3.05, 3.63) is 101 Å². The minimum atomic E-state index is -0.478. The lowest BCUT2D eigenvalue weighted by atomic mass is 9.83. The molecule has 0 spiro atoms. The minimum Gasteiger partial charge on any atom is -0.496 e. The van der Waals surface area contributed by atoms with E-state index in [1.165, 1.54) is 0 Å². The van der Waals surface area contributed by atoms with Crippen LogP contribution in [0.1, 0.15) is 27.4 Å². The van der Waals surface area contributed by atoms with Crippen LogP contribution in [-0.2, 0) is 0 Å². The Morgan fingerprint density at radius 3 is 2.50 bits per heavy atom. The number of rotatable bonds is 4. The zero-order chi connectivity index (χ0) is 21.1. The molecule has 30 heavy (non-hydrogen) atoms. The number of para-hydroxylation sites is 1. The van der Waals surface area contributed by atoms with E-state index in [4.69, 9.17) is 19.9 Å². The largest absolute Gasteiger partial charge is 0.496 e. The molecule has 4 rings (SSSR count). The standard InChI is InChI=1S/C24H18N2O4/c1-28-20-10-6-5-9-17(20)22-18-12-11-16(13-21(18)30-23(26)19(22)14-25)29-24(27)15-7-3-2-4-8-15/h2-13,22H,26H2,1H3. The van der Waals surface area contributed by atoms with E-state index in [9.17, 15) is 10.1 Å². The van der Waals surface area contributed by atoms with Crippen molar-refractivity contribution in [1.82, 2.24) is 0 Å². The minimum absolute atomic E-state index is 0.00689. The van der Waals surface area contributed by atoms with Gasteiger partial charge in [0.15, 0.2) is 0 Å². The first-order valence-corrected chi connectivity index (χ1v) is 9.24. The number of ether oxygens (including phenoxy) is 3. The molecule has 0 aromatic heterocycles. The number of fused-ring (bicyclic) bond motifs is 1. The zero-order valence-corrected chi connectivity index (χ0v) is 16.2. The molecule has 0 fully saturated rings. The van der Waals surface area contributed by atoms with Gasteiger partial charge in [-0.2, -0.15) is 5.26 Å². The van der Waals surface area contributed by atoms with Crippen molar-refractivity contribution in [3.63, 3.8) is 0 Å². The van der Waals surface area contributed by atoms with Crippen molar-refractivity contribution in [2.24, 2.45) is 5.73 Å². The van der Waals surface area contributed by atoms with Gasteiger partial charge in [0.25, 0.3) is 0 Å². The van der Waals surface area contributed by atoms with Gasteiger partial charge in [-0.05, 0) is 24.3 Å². The van der Waals surface area contributed by atoms with Crippen molar-refractivity contribution in [1.29, 1.82) is 5.26 Å². The third-order valence-electron chi connectivity index (χ3n) is 4.86. The van der Waals surface area contributed by atoms with Crippen LogP contribution in [0.3, 0.4) is 0 Å². The summed E-state index contributed by atoms with van der Waals surface area (Å²) in [5.41, 5.74) is 8.30. The molecule has 0 aliphatic carbocycles. The summed E-state index contributed by atoms with van der Waals surface area (Å²) in [4.78, 5) is 12.4. The summed E-state index contributed by atoms with van der Waals surface area (Å²) in [5, 5.41) is 9.70. The third kappa shape index (κ3) is 3.45. The smallest absolute Gasteiger partial charge is 0.343 e. The van der Waals surface area contributed by atoms with Crippen LogP contribution in [-0.4, -0.2) is 13.1 Å². The monoisotopic (exact) mass is 398 g/mol. The molecule has 3 aromatic rings. The first kappa shape index (κ1) is 19.1. The Bertz CT molecular complexity index is 1180. The molecule has 148 valence electrons. The fraction of sp³-hybridized carbons (Fsp3) is 0.0833. The van der Waals surface area contributed by atoms with Crippen LogP contribution >= 0.6 is 0 Å². The number of nitrogens with two attached hydrogens (primary N) is 1. The van der Waals surface area contributed by atoms with Crippen LogP contribution in [0.5, 0.6) is 17.2 Å². The van der Waals surface area contributed by atoms with Crippen molar-refractivity contribution in [3.8, 4) is 23.3 Å². The van der Waals surface area contributed by atoms with Crippen molar-refractivity contribution in [2.45, 2.75) is 5.92 Å². The van der Waals surface area contributed by atoms with Gasteiger partial charge < -0.3 is 19.9 Å². The first-order chi connectivity index (χ1) is 14.6. The zero-order valence-electron chi connectivity index (χ0n) is 16.2. The van der Waals surface area contributed by atoms with Gasteiger partial charge in [-0.3, -0.25) is 0 Å². The maximum Gasteiger partial charge on any atom is 0.343 e. The number of hydrogen-bond donors (Lipinski definition) is 1. The molecule has 1 aliphatic heterocycles. The molecular formula is C24H18N2O4. The maximum absolute atomic E-state index is 12.4. The number of nitrogens with zero attached hydrogens (tertiary/aromatic N) is 1. The quantitative estimate of drug-likeness (QED) is 0.524. The summed E-state index contributed by atoms with van der Waals surface area (Å²) in [6.07, 6.45) is 0. The molecule has 0 amide bonds. The average molecular weight is 398 g/mol. The van der Waals surface area contributed by atoms with Gasteiger partial charge in [0.2, 0.25) is 5.88 Å². The molecule has 0 radical (unpaired) electrons. The van der Waals surface area contributed by atoms with E-state index >= 15 is 0 Å². The second kappa shape index (κ2) is 8.02. The molecule has 6 nitrogen and oxygen atoms in total. The molecule has 2 N–H and O–H groups in total. The topological polar surface area (TPSA) is 94.6 Å². The molecule has 0 saturated heterocycles. The van der Waals surface area contributed by atoms with E-state index in [-0.39, 0.29) is 5.88 Å². The predicted molar refractivity (Wildman–Crippen MR) is 110 cm³/mol. The fourth-order valence-corrected chi connectivity index (χ4v) is 3.46. The normalized spacial score (nSPS) is 14.9. The molecular weight excluding hydrogens is 380 g/mol. The SMILES string of the molecule is COc1ccccc1C1C(C#N)=C(N)Oc2cc(OC(=O)c3ccccc3)ccc21. The Hall–Kier alpha value is -4.24. The molecule has 1 heterocycles. The highest BCUT2D eigenvalue weighted by molar-refractivity contribution is 5.91. The van der Waals surface area contributed by atoms with Crippen LogP contribution < -0.4 is 19.9 Å². The number of nitriles is 1. The number of methoxy groups -OCH3 is 1. The van der Waals surface area contributed by atoms with Gasteiger partial charge in [-0.25, -0.2) is 4.79 Å². The summed E-state index contributed by atoms with van der Waals surface area (Å²) in [7, 11) is 1.57. The van der Waals surface area contributed by atoms with Gasteiger partial charge in [-0.15, -0.1) is 0 Å². The van der Waals surface area contributed by atoms with Crippen LogP contribution in [0.15, 0.2) is 84.3 Å². The lowest BCUT2D eigenvalue weighted by Gasteiger charge is -2.27. The number of allylic oxidation sites excluding steroid dienone is 1. The predicted octanol–water partition coefficient (Wildman–Crippen LogP) is 4.13. The van der Waals surface area contributed by atoms with Gasteiger partial charge >= 0.3 is 5.97 Å². The van der Waals surface area contributed by atoms with E-state index in [1.54, 1.807) is 49.6 Å². The van der Waals surface area contributed by atoms with E-state index in [0.29, 0.717) is 28.4 Å². The summed E-state index contributed by atoms with van der Waals surface area (Å²) >= 11 is 0. The lowest BCUT2D eigenvalue weighted by Crippen LogP contribution is -2.21. The number of hydrogen-bond acceptors (Lipinski definition) is 6. The number of carbonyl (C=O) groups excluding carboxylic acids is 1. The lowest BCUT2D eigenvalue weighted by molar-refractivity contribution is 0.0734.